The van der Waals surface area contributed by atoms with E-state index in [4.69, 9.17) is 5.73 Å². The predicted molar refractivity (Wildman–Crippen MR) is 76.3 cm³/mol. The van der Waals surface area contributed by atoms with Crippen molar-refractivity contribution in [2.75, 3.05) is 17.2 Å². The standard InChI is InChI=1S/C15H17N3O/c1-17-8-3-5-14(17)15(19)18-9-2-4-11-10-12(16)6-7-13(11)18/h3,5-8,10H,2,4,9,16H2,1H3. The Hall–Kier alpha value is -2.23. The van der Waals surface area contributed by atoms with Crippen LogP contribution in [0.15, 0.2) is 36.5 Å². The van der Waals surface area contributed by atoms with Crippen LogP contribution in [0.2, 0.25) is 0 Å². The van der Waals surface area contributed by atoms with Crippen LogP contribution >= 0.6 is 0 Å². The fourth-order valence-electron chi connectivity index (χ4n) is 2.65. The molecular weight excluding hydrogens is 238 g/mol. The van der Waals surface area contributed by atoms with Crippen molar-refractivity contribution < 1.29 is 4.79 Å². The molecule has 4 nitrogen and oxygen atoms in total. The van der Waals surface area contributed by atoms with Crippen molar-refractivity contribution in [1.82, 2.24) is 4.57 Å². The topological polar surface area (TPSA) is 51.3 Å². The van der Waals surface area contributed by atoms with E-state index < -0.39 is 0 Å². The molecule has 4 heteroatoms. The van der Waals surface area contributed by atoms with Crippen molar-refractivity contribution in [2.45, 2.75) is 12.8 Å². The number of benzene rings is 1. The summed E-state index contributed by atoms with van der Waals surface area (Å²) in [6.45, 7) is 0.765. The number of fused-ring (bicyclic) bond motifs is 1. The van der Waals surface area contributed by atoms with Gasteiger partial charge in [0.2, 0.25) is 0 Å². The average Bonchev–Trinajstić information content (AvgIpc) is 2.83. The third-order valence-electron chi connectivity index (χ3n) is 3.63. The molecule has 1 aromatic carbocycles. The van der Waals surface area contributed by atoms with Crippen LogP contribution in [0.5, 0.6) is 0 Å². The summed E-state index contributed by atoms with van der Waals surface area (Å²) in [6, 6.07) is 9.52. The lowest BCUT2D eigenvalue weighted by molar-refractivity contribution is 0.0977. The number of carbonyl (C=O) groups excluding carboxylic acids is 1. The van der Waals surface area contributed by atoms with Gasteiger partial charge in [-0.25, -0.2) is 0 Å². The van der Waals surface area contributed by atoms with E-state index in [2.05, 4.69) is 0 Å². The van der Waals surface area contributed by atoms with Crippen molar-refractivity contribution in [1.29, 1.82) is 0 Å². The van der Waals surface area contributed by atoms with E-state index >= 15 is 0 Å². The summed E-state index contributed by atoms with van der Waals surface area (Å²) in [7, 11) is 1.89. The molecule has 2 N–H and O–H groups in total. The van der Waals surface area contributed by atoms with Crippen molar-refractivity contribution in [3.8, 4) is 0 Å². The first kappa shape index (κ1) is 11.8. The zero-order chi connectivity index (χ0) is 13.4. The normalized spacial score (nSPS) is 14.3. The lowest BCUT2D eigenvalue weighted by Gasteiger charge is -2.29. The first-order chi connectivity index (χ1) is 9.16. The molecule has 98 valence electrons. The van der Waals surface area contributed by atoms with Crippen molar-refractivity contribution >= 4 is 17.3 Å². The number of hydrogen-bond acceptors (Lipinski definition) is 2. The van der Waals surface area contributed by atoms with Gasteiger partial charge in [0.25, 0.3) is 5.91 Å². The molecule has 2 aromatic rings. The first-order valence-electron chi connectivity index (χ1n) is 6.48. The quantitative estimate of drug-likeness (QED) is 0.794. The fraction of sp³-hybridized carbons (Fsp3) is 0.267. The molecule has 19 heavy (non-hydrogen) atoms. The minimum atomic E-state index is 0.0539. The lowest BCUT2D eigenvalue weighted by atomic mass is 10.0. The van der Waals surface area contributed by atoms with Gasteiger partial charge in [-0.15, -0.1) is 0 Å². The highest BCUT2D eigenvalue weighted by Gasteiger charge is 2.24. The molecule has 0 aliphatic carbocycles. The van der Waals surface area contributed by atoms with Gasteiger partial charge in [-0.3, -0.25) is 4.79 Å². The molecule has 3 rings (SSSR count). The number of nitrogens with two attached hydrogens (primary N) is 1. The van der Waals surface area contributed by atoms with Gasteiger partial charge in [-0.05, 0) is 48.7 Å². The second-order valence-corrected chi connectivity index (χ2v) is 4.95. The van der Waals surface area contributed by atoms with Crippen LogP contribution in [0.3, 0.4) is 0 Å². The largest absolute Gasteiger partial charge is 0.399 e. The predicted octanol–water partition coefficient (Wildman–Crippen LogP) is 2.20. The van der Waals surface area contributed by atoms with Crippen LogP contribution in [-0.4, -0.2) is 17.0 Å². The first-order valence-corrected chi connectivity index (χ1v) is 6.48. The Bertz CT molecular complexity index is 630. The molecule has 0 bridgehead atoms. The number of rotatable bonds is 1. The molecular formula is C15H17N3O. The van der Waals surface area contributed by atoms with Gasteiger partial charge in [0.15, 0.2) is 0 Å². The number of nitrogens with zero attached hydrogens (tertiary/aromatic N) is 2. The summed E-state index contributed by atoms with van der Waals surface area (Å²) in [5.74, 6) is 0.0539. The van der Waals surface area contributed by atoms with Gasteiger partial charge in [0, 0.05) is 31.2 Å². The van der Waals surface area contributed by atoms with Gasteiger partial charge in [-0.1, -0.05) is 0 Å². The molecule has 1 aromatic heterocycles. The van der Waals surface area contributed by atoms with Crippen LogP contribution in [0.25, 0.3) is 0 Å². The number of carbonyl (C=O) groups is 1. The van der Waals surface area contributed by atoms with E-state index in [-0.39, 0.29) is 5.91 Å². The van der Waals surface area contributed by atoms with Crippen LogP contribution in [0, 0.1) is 0 Å². The summed E-state index contributed by atoms with van der Waals surface area (Å²) in [5, 5.41) is 0. The SMILES string of the molecule is Cn1cccc1C(=O)N1CCCc2cc(N)ccc21. The van der Waals surface area contributed by atoms with Crippen molar-refractivity contribution in [3.63, 3.8) is 0 Å². The van der Waals surface area contributed by atoms with Crippen LogP contribution < -0.4 is 10.6 Å². The second-order valence-electron chi connectivity index (χ2n) is 4.95. The third kappa shape index (κ3) is 1.99. The molecule has 0 atom stereocenters. The Morgan fingerprint density at radius 1 is 1.32 bits per heavy atom. The Morgan fingerprint density at radius 3 is 2.89 bits per heavy atom. The van der Waals surface area contributed by atoms with Gasteiger partial charge < -0.3 is 15.2 Å². The lowest BCUT2D eigenvalue weighted by Crippen LogP contribution is -2.36. The monoisotopic (exact) mass is 255 g/mol. The third-order valence-corrected chi connectivity index (χ3v) is 3.63. The van der Waals surface area contributed by atoms with Crippen LogP contribution in [0.1, 0.15) is 22.5 Å². The van der Waals surface area contributed by atoms with E-state index in [1.165, 1.54) is 0 Å². The molecule has 1 aliphatic rings. The Balaban J connectivity index is 2.00. The summed E-state index contributed by atoms with van der Waals surface area (Å²) >= 11 is 0. The second kappa shape index (κ2) is 4.46. The molecule has 1 aliphatic heterocycles. The number of hydrogen-bond donors (Lipinski definition) is 1. The minimum absolute atomic E-state index is 0.0539. The molecule has 0 radical (unpaired) electrons. The van der Waals surface area contributed by atoms with Gasteiger partial charge in [0.1, 0.15) is 5.69 Å². The highest BCUT2D eigenvalue weighted by atomic mass is 16.2. The zero-order valence-corrected chi connectivity index (χ0v) is 11.0. The maximum absolute atomic E-state index is 12.6. The van der Waals surface area contributed by atoms with E-state index in [0.29, 0.717) is 5.69 Å². The number of aromatic nitrogens is 1. The summed E-state index contributed by atoms with van der Waals surface area (Å²) in [6.07, 6.45) is 3.85. The Labute approximate surface area is 112 Å². The minimum Gasteiger partial charge on any atom is -0.399 e. The number of nitrogen functional groups attached to an aromatic ring is 1. The maximum Gasteiger partial charge on any atom is 0.274 e. The van der Waals surface area contributed by atoms with Crippen LogP contribution in [0.4, 0.5) is 11.4 Å². The van der Waals surface area contributed by atoms with Crippen molar-refractivity contribution in [3.05, 3.63) is 47.8 Å². The molecule has 0 unspecified atom stereocenters. The molecule has 0 saturated heterocycles. The van der Waals surface area contributed by atoms with Gasteiger partial charge >= 0.3 is 0 Å². The van der Waals surface area contributed by atoms with E-state index in [1.807, 2.05) is 53.0 Å². The molecule has 0 fully saturated rings. The van der Waals surface area contributed by atoms with Crippen molar-refractivity contribution in [2.24, 2.45) is 7.05 Å². The van der Waals surface area contributed by atoms with Gasteiger partial charge in [-0.2, -0.15) is 0 Å². The highest BCUT2D eigenvalue weighted by molar-refractivity contribution is 6.05. The summed E-state index contributed by atoms with van der Waals surface area (Å²) < 4.78 is 1.86. The molecule has 1 amide bonds. The Morgan fingerprint density at radius 2 is 2.16 bits per heavy atom. The number of aryl methyl sites for hydroxylation is 2. The van der Waals surface area contributed by atoms with E-state index in [1.54, 1.807) is 0 Å². The average molecular weight is 255 g/mol. The summed E-state index contributed by atoms with van der Waals surface area (Å²) in [4.78, 5) is 14.5. The maximum atomic E-state index is 12.6. The molecule has 2 heterocycles. The Kier molecular flexibility index (Phi) is 2.78. The van der Waals surface area contributed by atoms with E-state index in [9.17, 15) is 4.79 Å². The summed E-state index contributed by atoms with van der Waals surface area (Å²) in [5.41, 5.74) is 9.44. The molecule has 0 spiro atoms. The highest BCUT2D eigenvalue weighted by Crippen LogP contribution is 2.29. The van der Waals surface area contributed by atoms with Gasteiger partial charge in [0.05, 0.1) is 0 Å². The number of amides is 1. The zero-order valence-electron chi connectivity index (χ0n) is 11.0. The molecule has 0 saturated carbocycles. The van der Waals surface area contributed by atoms with E-state index in [0.717, 1.165) is 36.3 Å². The smallest absolute Gasteiger partial charge is 0.274 e. The van der Waals surface area contributed by atoms with Crippen LogP contribution in [-0.2, 0) is 13.5 Å². The fourth-order valence-corrected chi connectivity index (χ4v) is 2.65. The number of anilines is 2.